The van der Waals surface area contributed by atoms with Crippen LogP contribution in [0.2, 0.25) is 5.02 Å². The van der Waals surface area contributed by atoms with Gasteiger partial charge in [-0.05, 0) is 29.8 Å². The highest BCUT2D eigenvalue weighted by Gasteiger charge is 2.06. The molecule has 22 heavy (non-hydrogen) atoms. The largest absolute Gasteiger partial charge is 0.383 e. The Morgan fingerprint density at radius 2 is 2.00 bits per heavy atom. The van der Waals surface area contributed by atoms with Gasteiger partial charge in [0.2, 0.25) is 0 Å². The number of pyridine rings is 1. The number of hydrogen-bond donors (Lipinski definition) is 2. The molecular formula is C16H18ClN3O2. The number of ether oxygens (including phenoxy) is 1. The fourth-order valence-electron chi connectivity index (χ4n) is 1.80. The predicted octanol–water partition coefficient (Wildman–Crippen LogP) is 2.72. The fraction of sp³-hybridized carbons (Fsp3) is 0.250. The minimum atomic E-state index is -0.207. The maximum Gasteiger partial charge on any atom is 0.269 e. The first kappa shape index (κ1) is 16.3. The van der Waals surface area contributed by atoms with Crippen LogP contribution in [0.25, 0.3) is 0 Å². The quantitative estimate of drug-likeness (QED) is 0.770. The molecule has 0 atom stereocenters. The Hall–Kier alpha value is -2.11. The van der Waals surface area contributed by atoms with Crippen LogP contribution in [-0.2, 0) is 11.3 Å². The van der Waals surface area contributed by atoms with Crippen LogP contribution in [-0.4, -0.2) is 31.2 Å². The molecule has 0 unspecified atom stereocenters. The van der Waals surface area contributed by atoms with E-state index in [9.17, 15) is 4.79 Å². The Labute approximate surface area is 134 Å². The Morgan fingerprint density at radius 3 is 2.64 bits per heavy atom. The van der Waals surface area contributed by atoms with E-state index in [1.807, 2.05) is 30.3 Å². The average Bonchev–Trinajstić information content (AvgIpc) is 2.55. The highest BCUT2D eigenvalue weighted by molar-refractivity contribution is 6.30. The molecule has 0 radical (unpaired) electrons. The summed E-state index contributed by atoms with van der Waals surface area (Å²) in [4.78, 5) is 15.9. The van der Waals surface area contributed by atoms with E-state index in [2.05, 4.69) is 15.6 Å². The second-order valence-corrected chi connectivity index (χ2v) is 5.10. The minimum absolute atomic E-state index is 0.207. The molecule has 2 aromatic rings. The zero-order valence-corrected chi connectivity index (χ0v) is 13.1. The lowest BCUT2D eigenvalue weighted by molar-refractivity contribution is 0.0932. The summed E-state index contributed by atoms with van der Waals surface area (Å²) in [5.74, 6) is -0.207. The number of aromatic nitrogens is 1. The van der Waals surface area contributed by atoms with Crippen molar-refractivity contribution in [2.75, 3.05) is 25.6 Å². The molecule has 2 rings (SSSR count). The van der Waals surface area contributed by atoms with Gasteiger partial charge in [-0.3, -0.25) is 4.79 Å². The number of anilines is 1. The second-order valence-electron chi connectivity index (χ2n) is 4.66. The van der Waals surface area contributed by atoms with Gasteiger partial charge < -0.3 is 15.4 Å². The molecule has 0 saturated carbocycles. The Bertz CT molecular complexity index is 600. The highest BCUT2D eigenvalue weighted by Crippen LogP contribution is 2.12. The molecule has 0 aliphatic heterocycles. The van der Waals surface area contributed by atoms with E-state index < -0.39 is 0 Å². The third-order valence-electron chi connectivity index (χ3n) is 3.00. The number of carbonyl (C=O) groups excluding carboxylic acids is 1. The van der Waals surface area contributed by atoms with Crippen LogP contribution in [0.3, 0.4) is 0 Å². The first-order valence-corrected chi connectivity index (χ1v) is 7.28. The van der Waals surface area contributed by atoms with E-state index in [1.165, 1.54) is 0 Å². The van der Waals surface area contributed by atoms with Crippen LogP contribution in [0.15, 0.2) is 42.6 Å². The smallest absolute Gasteiger partial charge is 0.269 e. The Kier molecular flexibility index (Phi) is 6.18. The summed E-state index contributed by atoms with van der Waals surface area (Å²) in [5.41, 5.74) is 2.35. The molecule has 1 aromatic carbocycles. The van der Waals surface area contributed by atoms with Gasteiger partial charge in [-0.15, -0.1) is 0 Å². The minimum Gasteiger partial charge on any atom is -0.383 e. The number of nitrogens with one attached hydrogen (secondary N) is 2. The monoisotopic (exact) mass is 319 g/mol. The number of methoxy groups -OCH3 is 1. The number of nitrogens with zero attached hydrogens (tertiary/aromatic N) is 1. The summed E-state index contributed by atoms with van der Waals surface area (Å²) in [6, 6.07) is 11.1. The van der Waals surface area contributed by atoms with Gasteiger partial charge in [0.25, 0.3) is 5.91 Å². The van der Waals surface area contributed by atoms with Crippen LogP contribution < -0.4 is 10.6 Å². The number of amides is 1. The Morgan fingerprint density at radius 1 is 1.23 bits per heavy atom. The first-order valence-electron chi connectivity index (χ1n) is 6.90. The van der Waals surface area contributed by atoms with Crippen LogP contribution in [0.5, 0.6) is 0 Å². The van der Waals surface area contributed by atoms with E-state index in [4.69, 9.17) is 16.3 Å². The summed E-state index contributed by atoms with van der Waals surface area (Å²) in [7, 11) is 1.59. The van der Waals surface area contributed by atoms with E-state index >= 15 is 0 Å². The van der Waals surface area contributed by atoms with Gasteiger partial charge in [0, 0.05) is 25.2 Å². The Balaban J connectivity index is 1.86. The molecule has 116 valence electrons. The zero-order chi connectivity index (χ0) is 15.8. The number of benzene rings is 1. The molecule has 2 N–H and O–H groups in total. The molecule has 1 amide bonds. The summed E-state index contributed by atoms with van der Waals surface area (Å²) >= 11 is 5.85. The van der Waals surface area contributed by atoms with Crippen molar-refractivity contribution >= 4 is 23.2 Å². The van der Waals surface area contributed by atoms with E-state index in [1.54, 1.807) is 19.4 Å². The van der Waals surface area contributed by atoms with Crippen molar-refractivity contribution in [2.24, 2.45) is 0 Å². The molecule has 0 saturated heterocycles. The fourth-order valence-corrected chi connectivity index (χ4v) is 1.92. The van der Waals surface area contributed by atoms with Crippen molar-refractivity contribution in [3.05, 3.63) is 58.9 Å². The van der Waals surface area contributed by atoms with Crippen LogP contribution in [0.4, 0.5) is 5.69 Å². The molecule has 0 spiro atoms. The molecule has 1 heterocycles. The molecule has 5 nitrogen and oxygen atoms in total. The molecule has 0 aliphatic rings. The molecule has 1 aromatic heterocycles. The lowest BCUT2D eigenvalue weighted by Crippen LogP contribution is -2.27. The summed E-state index contributed by atoms with van der Waals surface area (Å²) < 4.78 is 4.88. The van der Waals surface area contributed by atoms with Crippen LogP contribution in [0.1, 0.15) is 16.1 Å². The zero-order valence-electron chi connectivity index (χ0n) is 12.3. The van der Waals surface area contributed by atoms with Gasteiger partial charge in [-0.2, -0.15) is 0 Å². The van der Waals surface area contributed by atoms with Crippen molar-refractivity contribution < 1.29 is 9.53 Å². The lowest BCUT2D eigenvalue weighted by Gasteiger charge is -2.08. The third-order valence-corrected chi connectivity index (χ3v) is 3.25. The average molecular weight is 320 g/mol. The maximum absolute atomic E-state index is 11.8. The highest BCUT2D eigenvalue weighted by atomic mass is 35.5. The maximum atomic E-state index is 11.8. The van der Waals surface area contributed by atoms with Gasteiger partial charge in [0.15, 0.2) is 0 Å². The SMILES string of the molecule is COCCNC(=O)c1ccc(NCc2ccc(Cl)cc2)cn1. The van der Waals surface area contributed by atoms with Gasteiger partial charge in [-0.1, -0.05) is 23.7 Å². The molecule has 0 aliphatic carbocycles. The van der Waals surface area contributed by atoms with E-state index in [-0.39, 0.29) is 5.91 Å². The number of hydrogen-bond acceptors (Lipinski definition) is 4. The molecular weight excluding hydrogens is 302 g/mol. The molecule has 6 heteroatoms. The van der Waals surface area contributed by atoms with Crippen molar-refractivity contribution in [3.63, 3.8) is 0 Å². The number of carbonyl (C=O) groups is 1. The third kappa shape index (κ3) is 5.02. The van der Waals surface area contributed by atoms with Crippen molar-refractivity contribution in [1.82, 2.24) is 10.3 Å². The lowest BCUT2D eigenvalue weighted by atomic mass is 10.2. The van der Waals surface area contributed by atoms with Crippen LogP contribution >= 0.6 is 11.6 Å². The normalized spacial score (nSPS) is 10.3. The summed E-state index contributed by atoms with van der Waals surface area (Å²) in [6.45, 7) is 1.61. The first-order chi connectivity index (χ1) is 10.7. The molecule has 0 fully saturated rings. The van der Waals surface area contributed by atoms with E-state index in [0.29, 0.717) is 30.4 Å². The molecule has 0 bridgehead atoms. The summed E-state index contributed by atoms with van der Waals surface area (Å²) in [5, 5.41) is 6.68. The predicted molar refractivity (Wildman–Crippen MR) is 87.2 cm³/mol. The summed E-state index contributed by atoms with van der Waals surface area (Å²) in [6.07, 6.45) is 1.64. The van der Waals surface area contributed by atoms with Crippen LogP contribution in [0, 0.1) is 0 Å². The van der Waals surface area contributed by atoms with Gasteiger partial charge in [0.05, 0.1) is 18.5 Å². The number of halogens is 1. The topological polar surface area (TPSA) is 63.2 Å². The second kappa shape index (κ2) is 8.36. The standard InChI is InChI=1S/C16H18ClN3O2/c1-22-9-8-18-16(21)15-7-6-14(11-20-15)19-10-12-2-4-13(17)5-3-12/h2-7,11,19H,8-10H2,1H3,(H,18,21). The van der Waals surface area contributed by atoms with Gasteiger partial charge >= 0.3 is 0 Å². The van der Waals surface area contributed by atoms with Crippen molar-refractivity contribution in [2.45, 2.75) is 6.54 Å². The van der Waals surface area contributed by atoms with Crippen molar-refractivity contribution in [3.8, 4) is 0 Å². The van der Waals surface area contributed by atoms with Gasteiger partial charge in [-0.25, -0.2) is 4.98 Å². The van der Waals surface area contributed by atoms with E-state index in [0.717, 1.165) is 11.3 Å². The number of rotatable bonds is 7. The van der Waals surface area contributed by atoms with Gasteiger partial charge in [0.1, 0.15) is 5.69 Å². The van der Waals surface area contributed by atoms with Crippen molar-refractivity contribution in [1.29, 1.82) is 0 Å².